The van der Waals surface area contributed by atoms with E-state index >= 15 is 0 Å². The third-order valence-electron chi connectivity index (χ3n) is 3.37. The summed E-state index contributed by atoms with van der Waals surface area (Å²) in [7, 11) is 0. The lowest BCUT2D eigenvalue weighted by molar-refractivity contribution is 0.244. The predicted molar refractivity (Wildman–Crippen MR) is 107 cm³/mol. The first-order valence-corrected chi connectivity index (χ1v) is 8.85. The molecule has 0 saturated heterocycles. The van der Waals surface area contributed by atoms with Gasteiger partial charge in [0.2, 0.25) is 5.95 Å². The van der Waals surface area contributed by atoms with E-state index in [2.05, 4.69) is 20.6 Å². The predicted octanol–water partition coefficient (Wildman–Crippen LogP) is 6.06. The highest BCUT2D eigenvalue weighted by Crippen LogP contribution is 2.31. The zero-order valence-corrected chi connectivity index (χ0v) is 15.8. The highest BCUT2D eigenvalue weighted by Gasteiger charge is 2.09. The molecule has 26 heavy (non-hydrogen) atoms. The van der Waals surface area contributed by atoms with Crippen LogP contribution in [0.25, 0.3) is 0 Å². The molecule has 0 fully saturated rings. The fraction of sp³-hybridized carbons (Fsp3) is 0.158. The SMILES string of the molecule is CC(C)Oc1ccccc1Nc1ccnc(Nc2cccc(Cl)c2Cl)n1. The van der Waals surface area contributed by atoms with Crippen LogP contribution in [-0.4, -0.2) is 16.1 Å². The largest absolute Gasteiger partial charge is 0.489 e. The van der Waals surface area contributed by atoms with E-state index in [4.69, 9.17) is 27.9 Å². The van der Waals surface area contributed by atoms with Crippen molar-refractivity contribution in [2.75, 3.05) is 10.6 Å². The van der Waals surface area contributed by atoms with E-state index in [1.165, 1.54) is 0 Å². The van der Waals surface area contributed by atoms with Crippen LogP contribution in [0.2, 0.25) is 10.0 Å². The second kappa shape index (κ2) is 8.25. The van der Waals surface area contributed by atoms with E-state index in [1.54, 1.807) is 24.4 Å². The molecule has 0 atom stereocenters. The average Bonchev–Trinajstić information content (AvgIpc) is 2.61. The van der Waals surface area contributed by atoms with E-state index in [-0.39, 0.29) is 6.10 Å². The fourth-order valence-electron chi connectivity index (χ4n) is 2.27. The molecule has 2 aromatic carbocycles. The molecule has 0 aliphatic carbocycles. The van der Waals surface area contributed by atoms with Gasteiger partial charge in [0.25, 0.3) is 0 Å². The molecule has 0 aliphatic rings. The quantitative estimate of drug-likeness (QED) is 0.537. The number of anilines is 4. The van der Waals surface area contributed by atoms with E-state index in [1.807, 2.05) is 44.2 Å². The number of rotatable bonds is 6. The molecule has 7 heteroatoms. The molecule has 5 nitrogen and oxygen atoms in total. The number of aromatic nitrogens is 2. The van der Waals surface area contributed by atoms with Gasteiger partial charge in [-0.2, -0.15) is 4.98 Å². The number of nitrogens with one attached hydrogen (secondary N) is 2. The van der Waals surface area contributed by atoms with Crippen LogP contribution in [0.1, 0.15) is 13.8 Å². The van der Waals surface area contributed by atoms with E-state index in [0.29, 0.717) is 27.5 Å². The molecule has 0 spiro atoms. The summed E-state index contributed by atoms with van der Waals surface area (Å²) in [6.45, 7) is 3.97. The molecular weight excluding hydrogens is 371 g/mol. The molecule has 0 unspecified atom stereocenters. The standard InChI is InChI=1S/C19H18Cl2N4O/c1-12(2)26-16-9-4-3-7-14(16)23-17-10-11-22-19(25-17)24-15-8-5-6-13(20)18(15)21/h3-12H,1-2H3,(H2,22,23,24,25). The molecule has 0 amide bonds. The number of ether oxygens (including phenoxy) is 1. The minimum Gasteiger partial charge on any atom is -0.489 e. The zero-order chi connectivity index (χ0) is 18.5. The van der Waals surface area contributed by atoms with Gasteiger partial charge in [0.05, 0.1) is 27.5 Å². The summed E-state index contributed by atoms with van der Waals surface area (Å²) in [5.74, 6) is 1.79. The first-order chi connectivity index (χ1) is 12.5. The lowest BCUT2D eigenvalue weighted by Gasteiger charge is -2.15. The van der Waals surface area contributed by atoms with Crippen LogP contribution in [-0.2, 0) is 0 Å². The highest BCUT2D eigenvalue weighted by molar-refractivity contribution is 6.43. The maximum Gasteiger partial charge on any atom is 0.229 e. The number of nitrogens with zero attached hydrogens (tertiary/aromatic N) is 2. The molecule has 0 radical (unpaired) electrons. The topological polar surface area (TPSA) is 59.1 Å². The lowest BCUT2D eigenvalue weighted by Crippen LogP contribution is -2.08. The minimum absolute atomic E-state index is 0.0746. The number of para-hydroxylation sites is 2. The summed E-state index contributed by atoms with van der Waals surface area (Å²) in [5, 5.41) is 7.22. The highest BCUT2D eigenvalue weighted by atomic mass is 35.5. The van der Waals surface area contributed by atoms with Crippen molar-refractivity contribution in [1.82, 2.24) is 9.97 Å². The first-order valence-electron chi connectivity index (χ1n) is 8.09. The van der Waals surface area contributed by atoms with Gasteiger partial charge in [0.15, 0.2) is 0 Å². The Labute approximate surface area is 162 Å². The summed E-state index contributed by atoms with van der Waals surface area (Å²) in [6, 6.07) is 14.8. The third-order valence-corrected chi connectivity index (χ3v) is 4.19. The van der Waals surface area contributed by atoms with Crippen molar-refractivity contribution in [2.45, 2.75) is 20.0 Å². The molecule has 2 N–H and O–H groups in total. The summed E-state index contributed by atoms with van der Waals surface area (Å²) in [6.07, 6.45) is 1.73. The zero-order valence-electron chi connectivity index (χ0n) is 14.3. The van der Waals surface area contributed by atoms with Gasteiger partial charge in [-0.15, -0.1) is 0 Å². The van der Waals surface area contributed by atoms with Gasteiger partial charge in [0, 0.05) is 6.20 Å². The van der Waals surface area contributed by atoms with Gasteiger partial charge in [-0.25, -0.2) is 4.98 Å². The Morgan fingerprint density at radius 2 is 1.69 bits per heavy atom. The molecule has 0 aliphatic heterocycles. The normalized spacial score (nSPS) is 10.7. The van der Waals surface area contributed by atoms with Gasteiger partial charge in [0.1, 0.15) is 11.6 Å². The smallest absolute Gasteiger partial charge is 0.229 e. The van der Waals surface area contributed by atoms with E-state index < -0.39 is 0 Å². The Balaban J connectivity index is 1.81. The van der Waals surface area contributed by atoms with Crippen molar-refractivity contribution >= 4 is 46.3 Å². The van der Waals surface area contributed by atoms with Crippen molar-refractivity contribution in [3.05, 3.63) is 64.8 Å². The van der Waals surface area contributed by atoms with Crippen molar-refractivity contribution in [3.63, 3.8) is 0 Å². The van der Waals surface area contributed by atoms with Gasteiger partial charge in [-0.05, 0) is 44.2 Å². The van der Waals surface area contributed by atoms with Gasteiger partial charge in [-0.1, -0.05) is 41.4 Å². The molecule has 1 heterocycles. The van der Waals surface area contributed by atoms with Crippen molar-refractivity contribution < 1.29 is 4.74 Å². The van der Waals surface area contributed by atoms with Crippen LogP contribution in [0.15, 0.2) is 54.7 Å². The summed E-state index contributed by atoms with van der Waals surface area (Å²) >= 11 is 12.2. The molecule has 3 rings (SSSR count). The number of hydrogen-bond donors (Lipinski definition) is 2. The van der Waals surface area contributed by atoms with E-state index in [9.17, 15) is 0 Å². The summed E-state index contributed by atoms with van der Waals surface area (Å²) < 4.78 is 5.82. The van der Waals surface area contributed by atoms with Gasteiger partial charge >= 0.3 is 0 Å². The molecule has 0 bridgehead atoms. The lowest BCUT2D eigenvalue weighted by atomic mass is 10.3. The van der Waals surface area contributed by atoms with Crippen LogP contribution >= 0.6 is 23.2 Å². The Kier molecular flexibility index (Phi) is 5.81. The average molecular weight is 389 g/mol. The Hall–Kier alpha value is -2.50. The van der Waals surface area contributed by atoms with Crippen LogP contribution < -0.4 is 15.4 Å². The maximum absolute atomic E-state index is 6.20. The Morgan fingerprint density at radius 3 is 2.50 bits per heavy atom. The molecule has 1 aromatic heterocycles. The van der Waals surface area contributed by atoms with Crippen molar-refractivity contribution in [3.8, 4) is 5.75 Å². The Morgan fingerprint density at radius 1 is 0.923 bits per heavy atom. The number of hydrogen-bond acceptors (Lipinski definition) is 5. The molecular formula is C19H18Cl2N4O. The van der Waals surface area contributed by atoms with E-state index in [0.717, 1.165) is 11.4 Å². The van der Waals surface area contributed by atoms with Gasteiger partial charge < -0.3 is 15.4 Å². The van der Waals surface area contributed by atoms with Crippen molar-refractivity contribution in [2.24, 2.45) is 0 Å². The second-order valence-electron chi connectivity index (χ2n) is 5.78. The molecule has 0 saturated carbocycles. The first kappa shape index (κ1) is 18.3. The number of benzene rings is 2. The van der Waals surface area contributed by atoms with Crippen LogP contribution in [0.3, 0.4) is 0 Å². The van der Waals surface area contributed by atoms with Gasteiger partial charge in [-0.3, -0.25) is 0 Å². The third kappa shape index (κ3) is 4.56. The maximum atomic E-state index is 6.20. The molecule has 134 valence electrons. The second-order valence-corrected chi connectivity index (χ2v) is 6.56. The van der Waals surface area contributed by atoms with Crippen LogP contribution in [0.4, 0.5) is 23.1 Å². The monoisotopic (exact) mass is 388 g/mol. The Bertz CT molecular complexity index is 902. The van der Waals surface area contributed by atoms with Crippen LogP contribution in [0.5, 0.6) is 5.75 Å². The fourth-order valence-corrected chi connectivity index (χ4v) is 2.62. The minimum atomic E-state index is 0.0746. The van der Waals surface area contributed by atoms with Crippen molar-refractivity contribution in [1.29, 1.82) is 0 Å². The summed E-state index contributed by atoms with van der Waals surface area (Å²) in [4.78, 5) is 8.69. The van der Waals surface area contributed by atoms with Crippen LogP contribution in [0, 0.1) is 0 Å². The summed E-state index contributed by atoms with van der Waals surface area (Å²) in [5.41, 5.74) is 1.46. The molecule has 3 aromatic rings. The number of halogens is 2.